The van der Waals surface area contributed by atoms with Gasteiger partial charge in [0.15, 0.2) is 11.5 Å². The third-order valence-corrected chi connectivity index (χ3v) is 5.44. The van der Waals surface area contributed by atoms with Crippen LogP contribution in [0.4, 0.5) is 0 Å². The van der Waals surface area contributed by atoms with Crippen molar-refractivity contribution in [2.24, 2.45) is 5.73 Å². The molecule has 2 aromatic carbocycles. The van der Waals surface area contributed by atoms with Gasteiger partial charge in [-0.25, -0.2) is 0 Å². The summed E-state index contributed by atoms with van der Waals surface area (Å²) in [4.78, 5) is 0. The molecule has 3 aromatic rings. The second-order valence-corrected chi connectivity index (χ2v) is 7.15. The molecule has 0 bridgehead atoms. The van der Waals surface area contributed by atoms with E-state index < -0.39 is 5.92 Å². The summed E-state index contributed by atoms with van der Waals surface area (Å²) in [5.41, 5.74) is 9.19. The van der Waals surface area contributed by atoms with Crippen LogP contribution in [0.5, 0.6) is 28.9 Å². The third-order valence-electron chi connectivity index (χ3n) is 5.44. The van der Waals surface area contributed by atoms with Crippen molar-refractivity contribution in [3.05, 3.63) is 59.0 Å². The summed E-state index contributed by atoms with van der Waals surface area (Å²) in [6.45, 7) is 2.42. The lowest BCUT2D eigenvalue weighted by molar-refractivity contribution is 0.311. The number of nitrogens with two attached hydrogens (primary N) is 1. The number of aromatic nitrogens is 2. The molecular weight excluding hydrogens is 424 g/mol. The van der Waals surface area contributed by atoms with E-state index in [2.05, 4.69) is 16.3 Å². The Morgan fingerprint density at radius 2 is 1.85 bits per heavy atom. The van der Waals surface area contributed by atoms with Gasteiger partial charge in [0.2, 0.25) is 11.8 Å². The van der Waals surface area contributed by atoms with E-state index in [4.69, 9.17) is 29.4 Å². The number of nitrogens with one attached hydrogen (secondary N) is 1. The molecule has 0 unspecified atom stereocenters. The van der Waals surface area contributed by atoms with Crippen LogP contribution in [0, 0.1) is 11.3 Å². The summed E-state index contributed by atoms with van der Waals surface area (Å²) in [6, 6.07) is 13.2. The summed E-state index contributed by atoms with van der Waals surface area (Å²) < 4.78 is 27.8. The van der Waals surface area contributed by atoms with E-state index in [1.165, 1.54) is 0 Å². The number of rotatable bonds is 7. The maximum absolute atomic E-state index is 9.96. The van der Waals surface area contributed by atoms with Gasteiger partial charge < -0.3 is 29.4 Å². The summed E-state index contributed by atoms with van der Waals surface area (Å²) in [7, 11) is 4.72. The molecule has 33 heavy (non-hydrogen) atoms. The van der Waals surface area contributed by atoms with Gasteiger partial charge in [-0.05, 0) is 31.2 Å². The summed E-state index contributed by atoms with van der Waals surface area (Å²) in [5, 5.41) is 17.3. The number of nitriles is 1. The highest BCUT2D eigenvalue weighted by molar-refractivity contribution is 5.73. The number of hydrogen-bond donors (Lipinski definition) is 2. The Hall–Kier alpha value is -4.32. The minimum absolute atomic E-state index is 0.00445. The lowest BCUT2D eigenvalue weighted by Crippen LogP contribution is -2.21. The van der Waals surface area contributed by atoms with Gasteiger partial charge >= 0.3 is 0 Å². The van der Waals surface area contributed by atoms with Crippen molar-refractivity contribution in [2.45, 2.75) is 12.8 Å². The fraction of sp³-hybridized carbons (Fsp3) is 0.250. The van der Waals surface area contributed by atoms with E-state index in [-0.39, 0.29) is 17.3 Å². The smallest absolute Gasteiger partial charge is 0.244 e. The predicted octanol–water partition coefficient (Wildman–Crippen LogP) is 3.72. The molecule has 9 nitrogen and oxygen atoms in total. The molecule has 1 aliphatic rings. The van der Waals surface area contributed by atoms with Crippen molar-refractivity contribution < 1.29 is 23.7 Å². The molecule has 0 amide bonds. The first-order valence-electron chi connectivity index (χ1n) is 10.2. The van der Waals surface area contributed by atoms with Crippen LogP contribution in [0.1, 0.15) is 24.0 Å². The number of allylic oxidation sites excluding steroid dienone is 1. The van der Waals surface area contributed by atoms with Crippen LogP contribution in [0.15, 0.2) is 47.9 Å². The number of nitrogens with zero attached hydrogens (tertiary/aromatic N) is 2. The Bertz CT molecular complexity index is 1260. The van der Waals surface area contributed by atoms with E-state index in [1.54, 1.807) is 33.5 Å². The number of benzene rings is 2. The summed E-state index contributed by atoms with van der Waals surface area (Å²) >= 11 is 0. The average Bonchev–Trinajstić information content (AvgIpc) is 3.26. The monoisotopic (exact) mass is 448 g/mol. The maximum Gasteiger partial charge on any atom is 0.244 e. The minimum Gasteiger partial charge on any atom is -0.497 e. The van der Waals surface area contributed by atoms with Gasteiger partial charge in [-0.3, -0.25) is 5.10 Å². The van der Waals surface area contributed by atoms with Gasteiger partial charge in [0.1, 0.15) is 23.1 Å². The zero-order chi connectivity index (χ0) is 23.5. The van der Waals surface area contributed by atoms with E-state index in [0.717, 1.165) is 11.1 Å². The molecular formula is C24H24N4O5. The van der Waals surface area contributed by atoms with Crippen LogP contribution in [-0.2, 0) is 0 Å². The van der Waals surface area contributed by atoms with Gasteiger partial charge in [0, 0.05) is 17.2 Å². The average molecular weight is 448 g/mol. The SMILES string of the molecule is CCOc1ccc(-c2[nH]nc3c2[C@@H](c2ccc(OC)cc2OC)C(C#N)=C(N)O3)cc1OC. The molecule has 0 aliphatic carbocycles. The Labute approximate surface area is 191 Å². The van der Waals surface area contributed by atoms with Gasteiger partial charge in [-0.15, -0.1) is 5.10 Å². The molecule has 4 rings (SSSR count). The molecule has 170 valence electrons. The van der Waals surface area contributed by atoms with Crippen LogP contribution in [-0.4, -0.2) is 38.1 Å². The molecule has 0 saturated heterocycles. The maximum atomic E-state index is 9.96. The van der Waals surface area contributed by atoms with Gasteiger partial charge in [-0.2, -0.15) is 5.26 Å². The second-order valence-electron chi connectivity index (χ2n) is 7.15. The van der Waals surface area contributed by atoms with E-state index in [1.807, 2.05) is 31.2 Å². The molecule has 0 fully saturated rings. The predicted molar refractivity (Wildman–Crippen MR) is 121 cm³/mol. The van der Waals surface area contributed by atoms with Gasteiger partial charge in [0.05, 0.1) is 45.1 Å². The zero-order valence-corrected chi connectivity index (χ0v) is 18.8. The first kappa shape index (κ1) is 21.9. The number of fused-ring (bicyclic) bond motifs is 1. The fourth-order valence-electron chi connectivity index (χ4n) is 3.93. The molecule has 3 N–H and O–H groups in total. The first-order chi connectivity index (χ1) is 16.1. The number of hydrogen-bond acceptors (Lipinski definition) is 8. The van der Waals surface area contributed by atoms with Crippen molar-refractivity contribution >= 4 is 0 Å². The Kier molecular flexibility index (Phi) is 6.00. The van der Waals surface area contributed by atoms with Crippen LogP contribution < -0.4 is 29.4 Å². The Balaban J connectivity index is 1.92. The van der Waals surface area contributed by atoms with Crippen molar-refractivity contribution in [2.75, 3.05) is 27.9 Å². The topological polar surface area (TPSA) is 125 Å². The number of methoxy groups -OCH3 is 3. The van der Waals surface area contributed by atoms with Crippen LogP contribution in [0.2, 0.25) is 0 Å². The van der Waals surface area contributed by atoms with Crippen LogP contribution >= 0.6 is 0 Å². The normalized spacial score (nSPS) is 14.7. The molecule has 9 heteroatoms. The highest BCUT2D eigenvalue weighted by Gasteiger charge is 2.37. The summed E-state index contributed by atoms with van der Waals surface area (Å²) in [6.07, 6.45) is 0. The molecule has 2 heterocycles. The number of ether oxygens (including phenoxy) is 5. The highest BCUT2D eigenvalue weighted by Crippen LogP contribution is 2.49. The van der Waals surface area contributed by atoms with Crippen molar-refractivity contribution in [1.82, 2.24) is 10.2 Å². The van der Waals surface area contributed by atoms with Crippen LogP contribution in [0.3, 0.4) is 0 Å². The highest BCUT2D eigenvalue weighted by atomic mass is 16.5. The first-order valence-corrected chi connectivity index (χ1v) is 10.2. The number of H-pyrrole nitrogens is 1. The van der Waals surface area contributed by atoms with Crippen molar-refractivity contribution in [3.63, 3.8) is 0 Å². The lowest BCUT2D eigenvalue weighted by Gasteiger charge is -2.25. The third kappa shape index (κ3) is 3.76. The molecule has 1 aliphatic heterocycles. The second kappa shape index (κ2) is 9.04. The van der Waals surface area contributed by atoms with E-state index in [9.17, 15) is 5.26 Å². The Morgan fingerprint density at radius 1 is 1.06 bits per heavy atom. The van der Waals surface area contributed by atoms with Crippen LogP contribution in [0.25, 0.3) is 11.3 Å². The minimum atomic E-state index is -0.578. The van der Waals surface area contributed by atoms with E-state index in [0.29, 0.717) is 40.9 Å². The largest absolute Gasteiger partial charge is 0.497 e. The number of aromatic amines is 1. The Morgan fingerprint density at radius 3 is 2.52 bits per heavy atom. The van der Waals surface area contributed by atoms with E-state index >= 15 is 0 Å². The molecule has 1 aromatic heterocycles. The fourth-order valence-corrected chi connectivity index (χ4v) is 3.93. The zero-order valence-electron chi connectivity index (χ0n) is 18.8. The quantitative estimate of drug-likeness (QED) is 0.560. The molecule has 0 spiro atoms. The summed E-state index contributed by atoms with van der Waals surface area (Å²) in [5.74, 6) is 2.08. The van der Waals surface area contributed by atoms with Gasteiger partial charge in [0.25, 0.3) is 0 Å². The standard InChI is InChI=1S/C24H24N4O5/c1-5-32-17-9-6-13(10-19(17)31-4)22-21-20(15-8-7-14(29-2)11-18(15)30-3)16(12-25)23(26)33-24(21)28-27-22/h6-11,20H,5,26H2,1-4H3,(H,27,28)/t20-/m0/s1. The van der Waals surface area contributed by atoms with Crippen molar-refractivity contribution in [1.29, 1.82) is 5.26 Å². The van der Waals surface area contributed by atoms with Gasteiger partial charge in [-0.1, -0.05) is 6.07 Å². The molecule has 0 saturated carbocycles. The lowest BCUT2D eigenvalue weighted by atomic mass is 9.82. The molecule has 0 radical (unpaired) electrons. The van der Waals surface area contributed by atoms with Crippen molar-refractivity contribution in [3.8, 4) is 46.2 Å². The molecule has 1 atom stereocenters.